The van der Waals surface area contributed by atoms with Crippen LogP contribution in [0.3, 0.4) is 0 Å². The van der Waals surface area contributed by atoms with Gasteiger partial charge in [-0.05, 0) is 29.5 Å². The van der Waals surface area contributed by atoms with Gasteiger partial charge in [-0.25, -0.2) is 4.39 Å². The summed E-state index contributed by atoms with van der Waals surface area (Å²) in [5.74, 6) is -0.546. The van der Waals surface area contributed by atoms with Gasteiger partial charge in [0.15, 0.2) is 0 Å². The smallest absolute Gasteiger partial charge is 0.223 e. The maximum absolute atomic E-state index is 13.9. The van der Waals surface area contributed by atoms with E-state index >= 15 is 0 Å². The first kappa shape index (κ1) is 18.1. The predicted octanol–water partition coefficient (Wildman–Crippen LogP) is 3.90. The Bertz CT molecular complexity index is 660. The molecule has 0 saturated heterocycles. The first-order valence-electron chi connectivity index (χ1n) is 8.20. The van der Waals surface area contributed by atoms with Crippen molar-refractivity contribution in [2.45, 2.75) is 31.7 Å². The van der Waals surface area contributed by atoms with Crippen LogP contribution in [0.2, 0.25) is 0 Å². The van der Waals surface area contributed by atoms with Crippen molar-refractivity contribution < 1.29 is 14.3 Å². The minimum atomic E-state index is -0.282. The van der Waals surface area contributed by atoms with Gasteiger partial charge >= 0.3 is 0 Å². The van der Waals surface area contributed by atoms with E-state index in [1.165, 1.54) is 6.07 Å². The summed E-state index contributed by atoms with van der Waals surface area (Å²) in [5.41, 5.74) is 1.54. The van der Waals surface area contributed by atoms with E-state index in [4.69, 9.17) is 0 Å². The summed E-state index contributed by atoms with van der Waals surface area (Å²) >= 11 is 0. The van der Waals surface area contributed by atoms with Crippen LogP contribution in [0.5, 0.6) is 0 Å². The Morgan fingerprint density at radius 2 is 1.75 bits per heavy atom. The predicted molar refractivity (Wildman–Crippen MR) is 93.1 cm³/mol. The minimum Gasteiger partial charge on any atom is -0.396 e. The molecule has 0 heterocycles. The van der Waals surface area contributed by atoms with Gasteiger partial charge in [-0.3, -0.25) is 4.79 Å². The van der Waals surface area contributed by atoms with Crippen LogP contribution < -0.4 is 0 Å². The molecule has 0 spiro atoms. The summed E-state index contributed by atoms with van der Waals surface area (Å²) in [4.78, 5) is 14.3. The Kier molecular flexibility index (Phi) is 6.50. The Hall–Kier alpha value is -2.20. The van der Waals surface area contributed by atoms with Crippen molar-refractivity contribution in [3.63, 3.8) is 0 Å². The molecule has 2 aromatic rings. The Labute approximate surface area is 142 Å². The highest BCUT2D eigenvalue weighted by Crippen LogP contribution is 2.27. The van der Waals surface area contributed by atoms with Crippen LogP contribution in [0, 0.1) is 5.82 Å². The second-order valence-electron chi connectivity index (χ2n) is 6.07. The van der Waals surface area contributed by atoms with Crippen molar-refractivity contribution in [1.82, 2.24) is 4.90 Å². The number of aliphatic hydroxyl groups is 1. The lowest BCUT2D eigenvalue weighted by Crippen LogP contribution is -2.32. The molecule has 0 fully saturated rings. The van der Waals surface area contributed by atoms with Crippen LogP contribution in [0.4, 0.5) is 4.39 Å². The first-order valence-corrected chi connectivity index (χ1v) is 8.20. The summed E-state index contributed by atoms with van der Waals surface area (Å²) in [6.45, 7) is 1.85. The largest absolute Gasteiger partial charge is 0.396 e. The molecule has 1 N–H and O–H groups in total. The van der Waals surface area contributed by atoms with E-state index in [0.29, 0.717) is 12.0 Å². The number of hydrogen-bond donors (Lipinski definition) is 1. The Morgan fingerprint density at radius 1 is 1.12 bits per heavy atom. The molecule has 0 saturated carbocycles. The molecule has 3 nitrogen and oxygen atoms in total. The summed E-state index contributed by atoms with van der Waals surface area (Å²) in [6.07, 6.45) is 0.701. The topological polar surface area (TPSA) is 40.5 Å². The van der Waals surface area contributed by atoms with Gasteiger partial charge in [-0.15, -0.1) is 0 Å². The lowest BCUT2D eigenvalue weighted by Gasteiger charge is -2.29. The molecule has 1 amide bonds. The quantitative estimate of drug-likeness (QED) is 0.837. The number of rotatable bonds is 7. The first-order chi connectivity index (χ1) is 11.5. The van der Waals surface area contributed by atoms with Crippen LogP contribution in [0.25, 0.3) is 0 Å². The van der Waals surface area contributed by atoms with Gasteiger partial charge in [0, 0.05) is 20.1 Å². The number of amides is 1. The molecular formula is C20H24FNO2. The lowest BCUT2D eigenvalue weighted by molar-refractivity contribution is -0.132. The summed E-state index contributed by atoms with van der Waals surface area (Å²) in [6, 6.07) is 16.0. The van der Waals surface area contributed by atoms with E-state index < -0.39 is 0 Å². The van der Waals surface area contributed by atoms with Gasteiger partial charge in [0.1, 0.15) is 5.82 Å². The average Bonchev–Trinajstić information content (AvgIpc) is 2.60. The molecule has 128 valence electrons. The van der Waals surface area contributed by atoms with Gasteiger partial charge in [0.25, 0.3) is 0 Å². The highest BCUT2D eigenvalue weighted by atomic mass is 19.1. The van der Waals surface area contributed by atoms with Crippen LogP contribution >= 0.6 is 0 Å². The molecule has 24 heavy (non-hydrogen) atoms. The third-order valence-electron chi connectivity index (χ3n) is 4.36. The molecule has 0 bridgehead atoms. The molecule has 0 aliphatic heterocycles. The number of hydrogen-bond acceptors (Lipinski definition) is 2. The Balaban J connectivity index is 2.11. The molecule has 4 heteroatoms. The molecular weight excluding hydrogens is 305 g/mol. The highest BCUT2D eigenvalue weighted by molar-refractivity contribution is 5.77. The number of aliphatic hydroxyl groups excluding tert-OH is 1. The molecule has 0 radical (unpaired) electrons. The second-order valence-corrected chi connectivity index (χ2v) is 6.07. The van der Waals surface area contributed by atoms with Crippen LogP contribution in [-0.4, -0.2) is 29.6 Å². The number of carbonyl (C=O) groups excluding carboxylic acids is 1. The number of nitrogens with zero attached hydrogens (tertiary/aromatic N) is 1. The van der Waals surface area contributed by atoms with Crippen molar-refractivity contribution >= 4 is 5.91 Å². The van der Waals surface area contributed by atoms with E-state index in [0.717, 1.165) is 5.56 Å². The summed E-state index contributed by atoms with van der Waals surface area (Å²) in [7, 11) is 1.74. The number of benzene rings is 2. The standard InChI is InChI=1S/C20H24FNO2/c1-15(17-10-6-7-11-18(17)21)14-20(24)22(2)19(12-13-23)16-8-4-3-5-9-16/h3-11,15,19,23H,12-14H2,1-2H3. The van der Waals surface area contributed by atoms with Crippen molar-refractivity contribution in [3.05, 3.63) is 71.5 Å². The highest BCUT2D eigenvalue weighted by Gasteiger charge is 2.23. The SMILES string of the molecule is CC(CC(=O)N(C)C(CCO)c1ccccc1)c1ccccc1F. The van der Waals surface area contributed by atoms with Gasteiger partial charge < -0.3 is 10.0 Å². The summed E-state index contributed by atoms with van der Waals surface area (Å²) < 4.78 is 13.9. The van der Waals surface area contributed by atoms with Crippen molar-refractivity contribution in [1.29, 1.82) is 0 Å². The fraction of sp³-hybridized carbons (Fsp3) is 0.350. The summed E-state index contributed by atoms with van der Waals surface area (Å²) in [5, 5.41) is 9.34. The monoisotopic (exact) mass is 329 g/mol. The average molecular weight is 329 g/mol. The molecule has 0 aliphatic rings. The van der Waals surface area contributed by atoms with Crippen molar-refractivity contribution in [2.24, 2.45) is 0 Å². The van der Waals surface area contributed by atoms with E-state index in [1.807, 2.05) is 37.3 Å². The van der Waals surface area contributed by atoms with E-state index in [1.54, 1.807) is 30.1 Å². The van der Waals surface area contributed by atoms with E-state index in [9.17, 15) is 14.3 Å². The van der Waals surface area contributed by atoms with Crippen molar-refractivity contribution in [2.75, 3.05) is 13.7 Å². The van der Waals surface area contributed by atoms with E-state index in [-0.39, 0.29) is 36.7 Å². The molecule has 0 aliphatic carbocycles. The maximum Gasteiger partial charge on any atom is 0.223 e. The molecule has 2 atom stereocenters. The zero-order valence-corrected chi connectivity index (χ0v) is 14.2. The third kappa shape index (κ3) is 4.42. The molecule has 2 rings (SSSR count). The Morgan fingerprint density at radius 3 is 2.38 bits per heavy atom. The number of carbonyl (C=O) groups is 1. The zero-order valence-electron chi connectivity index (χ0n) is 14.2. The minimum absolute atomic E-state index is 0.0000476. The maximum atomic E-state index is 13.9. The lowest BCUT2D eigenvalue weighted by atomic mass is 9.95. The van der Waals surface area contributed by atoms with Gasteiger partial charge in [-0.2, -0.15) is 0 Å². The van der Waals surface area contributed by atoms with Gasteiger partial charge in [0.2, 0.25) is 5.91 Å². The van der Waals surface area contributed by atoms with Gasteiger partial charge in [-0.1, -0.05) is 55.5 Å². The van der Waals surface area contributed by atoms with Gasteiger partial charge in [0.05, 0.1) is 6.04 Å². The molecule has 2 unspecified atom stereocenters. The van der Waals surface area contributed by atoms with E-state index in [2.05, 4.69) is 0 Å². The fourth-order valence-electron chi connectivity index (χ4n) is 2.95. The third-order valence-corrected chi connectivity index (χ3v) is 4.36. The second kappa shape index (κ2) is 8.60. The van der Waals surface area contributed by atoms with Crippen molar-refractivity contribution in [3.8, 4) is 0 Å². The zero-order chi connectivity index (χ0) is 17.5. The normalized spacial score (nSPS) is 13.3. The molecule has 0 aromatic heterocycles. The fourth-order valence-corrected chi connectivity index (χ4v) is 2.95. The number of halogens is 1. The van der Waals surface area contributed by atoms with Crippen LogP contribution in [0.1, 0.15) is 42.9 Å². The molecule has 2 aromatic carbocycles. The van der Waals surface area contributed by atoms with Crippen LogP contribution in [0.15, 0.2) is 54.6 Å². The van der Waals surface area contributed by atoms with Crippen LogP contribution in [-0.2, 0) is 4.79 Å².